The molecule has 2 aromatic rings. The fraction of sp³-hybridized carbons (Fsp3) is 0.571. The zero-order valence-corrected chi connectivity index (χ0v) is 11.6. The molecule has 3 rings (SSSR count). The molecule has 3 heterocycles. The predicted molar refractivity (Wildman–Crippen MR) is 76.6 cm³/mol. The van der Waals surface area contributed by atoms with Crippen LogP contribution in [-0.2, 0) is 0 Å². The number of piperidine rings is 1. The van der Waals surface area contributed by atoms with Gasteiger partial charge in [0.05, 0.1) is 0 Å². The smallest absolute Gasteiger partial charge is 0.157 e. The average molecular weight is 259 g/mol. The van der Waals surface area contributed by atoms with Crippen molar-refractivity contribution in [1.82, 2.24) is 19.9 Å². The van der Waals surface area contributed by atoms with Crippen molar-refractivity contribution in [2.75, 3.05) is 25.0 Å². The van der Waals surface area contributed by atoms with Gasteiger partial charge >= 0.3 is 0 Å². The Labute approximate surface area is 113 Å². The quantitative estimate of drug-likeness (QED) is 0.909. The Morgan fingerprint density at radius 3 is 3.11 bits per heavy atom. The number of pyridine rings is 1. The Balaban J connectivity index is 1.83. The molecule has 0 amide bonds. The minimum absolute atomic E-state index is 0.581. The SMILES string of the molecule is Cc1cc(N(C)CC2CCCCN2)n2ncnc2c1. The molecular formula is C14H21N5. The number of aryl methyl sites for hydroxylation is 1. The van der Waals surface area contributed by atoms with Crippen LogP contribution in [0, 0.1) is 6.92 Å². The standard InChI is InChI=1S/C14H21N5/c1-11-7-13-16-10-17-19(13)14(8-11)18(2)9-12-5-3-4-6-15-12/h7-8,10,12,15H,3-6,9H2,1-2H3. The Morgan fingerprint density at radius 1 is 1.42 bits per heavy atom. The van der Waals surface area contributed by atoms with E-state index in [0.717, 1.165) is 24.6 Å². The molecule has 1 aliphatic rings. The lowest BCUT2D eigenvalue weighted by Gasteiger charge is -2.29. The van der Waals surface area contributed by atoms with E-state index < -0.39 is 0 Å². The largest absolute Gasteiger partial charge is 0.358 e. The van der Waals surface area contributed by atoms with E-state index in [4.69, 9.17) is 0 Å². The number of aromatic nitrogens is 3. The van der Waals surface area contributed by atoms with E-state index >= 15 is 0 Å². The highest BCUT2D eigenvalue weighted by Gasteiger charge is 2.16. The summed E-state index contributed by atoms with van der Waals surface area (Å²) in [6.07, 6.45) is 5.51. The third-order valence-corrected chi connectivity index (χ3v) is 3.80. The molecule has 1 atom stereocenters. The molecule has 0 aromatic carbocycles. The van der Waals surface area contributed by atoms with Crippen molar-refractivity contribution in [2.24, 2.45) is 0 Å². The van der Waals surface area contributed by atoms with Gasteiger partial charge in [-0.05, 0) is 44.0 Å². The molecule has 1 saturated heterocycles. The molecule has 19 heavy (non-hydrogen) atoms. The van der Waals surface area contributed by atoms with Crippen LogP contribution < -0.4 is 10.2 Å². The van der Waals surface area contributed by atoms with Crippen molar-refractivity contribution in [3.63, 3.8) is 0 Å². The fourth-order valence-electron chi connectivity index (χ4n) is 2.81. The summed E-state index contributed by atoms with van der Waals surface area (Å²) >= 11 is 0. The number of hydrogen-bond acceptors (Lipinski definition) is 4. The molecule has 1 fully saturated rings. The molecule has 0 radical (unpaired) electrons. The van der Waals surface area contributed by atoms with Crippen LogP contribution in [0.25, 0.3) is 5.65 Å². The number of nitrogens with zero attached hydrogens (tertiary/aromatic N) is 4. The molecule has 0 saturated carbocycles. The van der Waals surface area contributed by atoms with Gasteiger partial charge in [-0.3, -0.25) is 0 Å². The Kier molecular flexibility index (Phi) is 3.38. The maximum absolute atomic E-state index is 4.32. The number of rotatable bonds is 3. The topological polar surface area (TPSA) is 45.5 Å². The normalized spacial score (nSPS) is 19.8. The second-order valence-corrected chi connectivity index (χ2v) is 5.45. The highest BCUT2D eigenvalue weighted by Crippen LogP contribution is 2.18. The van der Waals surface area contributed by atoms with Gasteiger partial charge < -0.3 is 10.2 Å². The van der Waals surface area contributed by atoms with Gasteiger partial charge in [0.1, 0.15) is 12.1 Å². The van der Waals surface area contributed by atoms with Crippen molar-refractivity contribution in [3.8, 4) is 0 Å². The zero-order chi connectivity index (χ0) is 13.2. The third kappa shape index (κ3) is 2.56. The Bertz CT molecular complexity index is 556. The molecule has 102 valence electrons. The second-order valence-electron chi connectivity index (χ2n) is 5.45. The molecule has 0 bridgehead atoms. The maximum atomic E-state index is 4.32. The van der Waals surface area contributed by atoms with E-state index in [-0.39, 0.29) is 0 Å². The summed E-state index contributed by atoms with van der Waals surface area (Å²) in [6.45, 7) is 4.26. The number of fused-ring (bicyclic) bond motifs is 1. The van der Waals surface area contributed by atoms with Crippen LogP contribution in [0.3, 0.4) is 0 Å². The Morgan fingerprint density at radius 2 is 2.32 bits per heavy atom. The van der Waals surface area contributed by atoms with Gasteiger partial charge in [0.15, 0.2) is 5.65 Å². The lowest BCUT2D eigenvalue weighted by molar-refractivity contribution is 0.402. The van der Waals surface area contributed by atoms with Crippen molar-refractivity contribution in [2.45, 2.75) is 32.2 Å². The number of nitrogens with one attached hydrogen (secondary N) is 1. The third-order valence-electron chi connectivity index (χ3n) is 3.80. The van der Waals surface area contributed by atoms with E-state index in [1.807, 2.05) is 4.52 Å². The first-order valence-corrected chi connectivity index (χ1v) is 6.99. The summed E-state index contributed by atoms with van der Waals surface area (Å²) in [5.74, 6) is 1.11. The molecule has 1 aliphatic heterocycles. The minimum Gasteiger partial charge on any atom is -0.358 e. The van der Waals surface area contributed by atoms with Crippen LogP contribution >= 0.6 is 0 Å². The highest BCUT2D eigenvalue weighted by atomic mass is 15.4. The predicted octanol–water partition coefficient (Wildman–Crippen LogP) is 1.62. The van der Waals surface area contributed by atoms with Gasteiger partial charge in [-0.15, -0.1) is 0 Å². The second kappa shape index (κ2) is 5.17. The number of likely N-dealkylation sites (N-methyl/N-ethyl adjacent to an activating group) is 1. The summed E-state index contributed by atoms with van der Waals surface area (Å²) in [4.78, 5) is 6.55. The number of hydrogen-bond donors (Lipinski definition) is 1. The van der Waals surface area contributed by atoms with Gasteiger partial charge in [0.2, 0.25) is 0 Å². The lowest BCUT2D eigenvalue weighted by atomic mass is 10.0. The minimum atomic E-state index is 0.581. The first-order valence-electron chi connectivity index (χ1n) is 6.99. The van der Waals surface area contributed by atoms with Gasteiger partial charge in [-0.2, -0.15) is 9.61 Å². The molecular weight excluding hydrogens is 238 g/mol. The molecule has 1 unspecified atom stereocenters. The van der Waals surface area contributed by atoms with Gasteiger partial charge in [0.25, 0.3) is 0 Å². The monoisotopic (exact) mass is 259 g/mol. The van der Waals surface area contributed by atoms with E-state index in [9.17, 15) is 0 Å². The molecule has 5 nitrogen and oxygen atoms in total. The van der Waals surface area contributed by atoms with Crippen LogP contribution in [0.1, 0.15) is 24.8 Å². The average Bonchev–Trinajstić information content (AvgIpc) is 2.86. The van der Waals surface area contributed by atoms with Crippen LogP contribution in [0.15, 0.2) is 18.5 Å². The van der Waals surface area contributed by atoms with Crippen LogP contribution in [0.5, 0.6) is 0 Å². The molecule has 0 spiro atoms. The van der Waals surface area contributed by atoms with E-state index in [1.165, 1.54) is 24.8 Å². The number of anilines is 1. The summed E-state index contributed by atoms with van der Waals surface area (Å²) in [7, 11) is 2.13. The first-order chi connectivity index (χ1) is 9.24. The van der Waals surface area contributed by atoms with Crippen molar-refractivity contribution in [3.05, 3.63) is 24.0 Å². The van der Waals surface area contributed by atoms with Crippen molar-refractivity contribution in [1.29, 1.82) is 0 Å². The van der Waals surface area contributed by atoms with E-state index in [0.29, 0.717) is 6.04 Å². The lowest BCUT2D eigenvalue weighted by Crippen LogP contribution is -2.42. The van der Waals surface area contributed by atoms with Crippen LogP contribution in [-0.4, -0.2) is 40.8 Å². The first kappa shape index (κ1) is 12.4. The molecule has 5 heteroatoms. The maximum Gasteiger partial charge on any atom is 0.157 e. The fourth-order valence-corrected chi connectivity index (χ4v) is 2.81. The van der Waals surface area contributed by atoms with Crippen molar-refractivity contribution < 1.29 is 0 Å². The summed E-state index contributed by atoms with van der Waals surface area (Å²) in [5, 5.41) is 7.91. The summed E-state index contributed by atoms with van der Waals surface area (Å²) < 4.78 is 1.91. The van der Waals surface area contributed by atoms with Gasteiger partial charge in [0, 0.05) is 19.6 Å². The van der Waals surface area contributed by atoms with Gasteiger partial charge in [-0.1, -0.05) is 6.42 Å². The van der Waals surface area contributed by atoms with E-state index in [1.54, 1.807) is 6.33 Å². The van der Waals surface area contributed by atoms with Crippen LogP contribution in [0.4, 0.5) is 5.82 Å². The molecule has 2 aromatic heterocycles. The summed E-state index contributed by atoms with van der Waals surface area (Å²) in [6, 6.07) is 4.81. The van der Waals surface area contributed by atoms with E-state index in [2.05, 4.69) is 46.4 Å². The molecule has 1 N–H and O–H groups in total. The van der Waals surface area contributed by atoms with Crippen molar-refractivity contribution >= 4 is 11.5 Å². The zero-order valence-electron chi connectivity index (χ0n) is 11.6. The van der Waals surface area contributed by atoms with Gasteiger partial charge in [-0.25, -0.2) is 4.98 Å². The highest BCUT2D eigenvalue weighted by molar-refractivity contribution is 5.52. The Hall–Kier alpha value is -1.62. The molecule has 0 aliphatic carbocycles. The summed E-state index contributed by atoms with van der Waals surface area (Å²) in [5.41, 5.74) is 2.14. The van der Waals surface area contributed by atoms with Crippen LogP contribution in [0.2, 0.25) is 0 Å².